The summed E-state index contributed by atoms with van der Waals surface area (Å²) < 4.78 is 0. The highest BCUT2D eigenvalue weighted by Gasteiger charge is 2.01. The van der Waals surface area contributed by atoms with Crippen LogP contribution in [-0.4, -0.2) is 23.6 Å². The van der Waals surface area contributed by atoms with Gasteiger partial charge in [-0.3, -0.25) is 0 Å². The molecule has 2 aromatic rings. The van der Waals surface area contributed by atoms with Crippen molar-refractivity contribution in [3.8, 4) is 0 Å². The predicted molar refractivity (Wildman–Crippen MR) is 57.9 cm³/mol. The average molecular weight is 191 g/mol. The molecule has 0 radical (unpaired) electrons. The summed E-state index contributed by atoms with van der Waals surface area (Å²) in [7, 11) is 2.02. The van der Waals surface area contributed by atoms with Gasteiger partial charge in [0.1, 0.15) is 0 Å². The molecule has 74 valence electrons. The smallest absolute Gasteiger partial charge is 0.323 e. The zero-order valence-corrected chi connectivity index (χ0v) is 8.29. The van der Waals surface area contributed by atoms with Crippen LogP contribution in [0.25, 0.3) is 11.0 Å². The Labute approximate surface area is 81.6 Å². The van der Waals surface area contributed by atoms with E-state index < -0.39 is 0 Å². The maximum atomic E-state index is 11.0. The number of nitrogens with one attached hydrogen (secondary N) is 2. The highest BCUT2D eigenvalue weighted by molar-refractivity contribution is 5.78. The molecule has 2 N–H and O–H groups in total. The van der Waals surface area contributed by atoms with Gasteiger partial charge in [-0.15, -0.1) is 0 Å². The number of hydrogen-bond acceptors (Lipinski definition) is 2. The van der Waals surface area contributed by atoms with Crippen LogP contribution >= 0.6 is 0 Å². The van der Waals surface area contributed by atoms with Crippen LogP contribution in [0.5, 0.6) is 0 Å². The van der Waals surface area contributed by atoms with Gasteiger partial charge in [-0.2, -0.15) is 0 Å². The summed E-state index contributed by atoms with van der Waals surface area (Å²) in [4.78, 5) is 18.6. The Bertz CT molecular complexity index is 497. The lowest BCUT2D eigenvalue weighted by Crippen LogP contribution is -2.15. The molecule has 0 bridgehead atoms. The number of fused-ring (bicyclic) bond motifs is 1. The standard InChI is InChI=1S/C10H13N3O/c1-3-13(2)7-4-5-8-9(6-7)12-10(14)11-8/h4-6H,3H2,1-2H3,(H2,11,12,14). The van der Waals surface area contributed by atoms with Crippen LogP contribution in [0.15, 0.2) is 23.0 Å². The van der Waals surface area contributed by atoms with Gasteiger partial charge in [0.2, 0.25) is 0 Å². The van der Waals surface area contributed by atoms with Crippen molar-refractivity contribution in [2.24, 2.45) is 0 Å². The largest absolute Gasteiger partial charge is 0.375 e. The van der Waals surface area contributed by atoms with Gasteiger partial charge in [-0.05, 0) is 25.1 Å². The Morgan fingerprint density at radius 3 is 2.71 bits per heavy atom. The number of hydrogen-bond donors (Lipinski definition) is 2. The molecule has 0 saturated carbocycles. The number of anilines is 1. The lowest BCUT2D eigenvalue weighted by molar-refractivity contribution is 0.969. The van der Waals surface area contributed by atoms with E-state index in [0.29, 0.717) is 0 Å². The molecule has 1 aromatic heterocycles. The molecular formula is C10H13N3O. The van der Waals surface area contributed by atoms with E-state index in [9.17, 15) is 4.79 Å². The van der Waals surface area contributed by atoms with E-state index >= 15 is 0 Å². The van der Waals surface area contributed by atoms with Gasteiger partial charge in [0.25, 0.3) is 0 Å². The molecule has 4 nitrogen and oxygen atoms in total. The maximum Gasteiger partial charge on any atom is 0.323 e. The van der Waals surface area contributed by atoms with Crippen LogP contribution < -0.4 is 10.6 Å². The Kier molecular flexibility index (Phi) is 2.04. The Morgan fingerprint density at radius 1 is 1.29 bits per heavy atom. The van der Waals surface area contributed by atoms with E-state index in [1.807, 2.05) is 25.2 Å². The molecule has 0 spiro atoms. The summed E-state index contributed by atoms with van der Waals surface area (Å²) in [6.45, 7) is 3.03. The number of H-pyrrole nitrogens is 2. The predicted octanol–water partition coefficient (Wildman–Crippen LogP) is 1.31. The third-order valence-corrected chi connectivity index (χ3v) is 2.41. The minimum Gasteiger partial charge on any atom is -0.375 e. The van der Waals surface area contributed by atoms with Crippen LogP contribution in [0, 0.1) is 0 Å². The average Bonchev–Trinajstić information content (AvgIpc) is 2.55. The monoisotopic (exact) mass is 191 g/mol. The summed E-state index contributed by atoms with van der Waals surface area (Å²) in [5, 5.41) is 0. The van der Waals surface area contributed by atoms with E-state index in [2.05, 4.69) is 21.8 Å². The van der Waals surface area contributed by atoms with Crippen molar-refractivity contribution in [2.45, 2.75) is 6.92 Å². The third-order valence-electron chi connectivity index (χ3n) is 2.41. The normalized spacial score (nSPS) is 10.7. The van der Waals surface area contributed by atoms with Crippen LogP contribution in [0.2, 0.25) is 0 Å². The quantitative estimate of drug-likeness (QED) is 0.752. The summed E-state index contributed by atoms with van der Waals surface area (Å²) in [6, 6.07) is 5.88. The van der Waals surface area contributed by atoms with Crippen LogP contribution in [0.1, 0.15) is 6.92 Å². The Morgan fingerprint density at radius 2 is 2.00 bits per heavy atom. The number of aromatic nitrogens is 2. The summed E-state index contributed by atoms with van der Waals surface area (Å²) >= 11 is 0. The first kappa shape index (κ1) is 8.87. The van der Waals surface area contributed by atoms with Gasteiger partial charge < -0.3 is 14.9 Å². The fourth-order valence-electron chi connectivity index (χ4n) is 1.44. The first-order chi connectivity index (χ1) is 6.70. The maximum absolute atomic E-state index is 11.0. The molecule has 0 atom stereocenters. The zero-order valence-electron chi connectivity index (χ0n) is 8.29. The molecule has 0 fully saturated rings. The van der Waals surface area contributed by atoms with Gasteiger partial charge in [0.15, 0.2) is 0 Å². The van der Waals surface area contributed by atoms with Gasteiger partial charge in [0, 0.05) is 19.3 Å². The molecule has 2 rings (SSSR count). The van der Waals surface area contributed by atoms with Crippen LogP contribution in [0.3, 0.4) is 0 Å². The highest BCUT2D eigenvalue weighted by Crippen LogP contribution is 2.17. The SMILES string of the molecule is CCN(C)c1ccc2[nH]c(=O)[nH]c2c1. The zero-order chi connectivity index (χ0) is 10.1. The minimum absolute atomic E-state index is 0.156. The fraction of sp³-hybridized carbons (Fsp3) is 0.300. The van der Waals surface area contributed by atoms with Crippen molar-refractivity contribution in [1.29, 1.82) is 0 Å². The Balaban J connectivity index is 2.55. The molecule has 1 heterocycles. The van der Waals surface area contributed by atoms with Crippen molar-refractivity contribution in [3.63, 3.8) is 0 Å². The van der Waals surface area contributed by atoms with Crippen molar-refractivity contribution >= 4 is 16.7 Å². The second-order valence-electron chi connectivity index (χ2n) is 3.32. The molecule has 0 aliphatic rings. The molecule has 4 heteroatoms. The van der Waals surface area contributed by atoms with E-state index in [1.54, 1.807) is 0 Å². The van der Waals surface area contributed by atoms with Gasteiger partial charge in [0.05, 0.1) is 11.0 Å². The van der Waals surface area contributed by atoms with Crippen LogP contribution in [-0.2, 0) is 0 Å². The van der Waals surface area contributed by atoms with Crippen molar-refractivity contribution < 1.29 is 0 Å². The number of nitrogens with zero attached hydrogens (tertiary/aromatic N) is 1. The van der Waals surface area contributed by atoms with Gasteiger partial charge >= 0.3 is 5.69 Å². The Hall–Kier alpha value is -1.71. The highest BCUT2D eigenvalue weighted by atomic mass is 16.1. The summed E-state index contributed by atoms with van der Waals surface area (Å²) in [6.07, 6.45) is 0. The second kappa shape index (κ2) is 3.21. The second-order valence-corrected chi connectivity index (χ2v) is 3.32. The first-order valence-electron chi connectivity index (χ1n) is 4.64. The molecular weight excluding hydrogens is 178 g/mol. The molecule has 14 heavy (non-hydrogen) atoms. The lowest BCUT2D eigenvalue weighted by Gasteiger charge is -2.16. The minimum atomic E-state index is -0.156. The van der Waals surface area contributed by atoms with Gasteiger partial charge in [-0.25, -0.2) is 4.79 Å². The molecule has 0 saturated heterocycles. The number of imidazole rings is 1. The topological polar surface area (TPSA) is 51.9 Å². The lowest BCUT2D eigenvalue weighted by atomic mass is 10.2. The number of aromatic amines is 2. The van der Waals surface area contributed by atoms with E-state index in [4.69, 9.17) is 0 Å². The number of rotatable bonds is 2. The van der Waals surface area contributed by atoms with E-state index in [-0.39, 0.29) is 5.69 Å². The van der Waals surface area contributed by atoms with Crippen molar-refractivity contribution in [2.75, 3.05) is 18.5 Å². The van der Waals surface area contributed by atoms with Crippen molar-refractivity contribution in [3.05, 3.63) is 28.7 Å². The number of benzene rings is 1. The summed E-state index contributed by atoms with van der Waals surface area (Å²) in [5.74, 6) is 0. The van der Waals surface area contributed by atoms with Gasteiger partial charge in [-0.1, -0.05) is 0 Å². The van der Waals surface area contributed by atoms with Crippen LogP contribution in [0.4, 0.5) is 5.69 Å². The van der Waals surface area contributed by atoms with E-state index in [0.717, 1.165) is 23.3 Å². The molecule has 0 amide bonds. The van der Waals surface area contributed by atoms with E-state index in [1.165, 1.54) is 0 Å². The van der Waals surface area contributed by atoms with Crippen molar-refractivity contribution in [1.82, 2.24) is 9.97 Å². The molecule has 0 aliphatic heterocycles. The fourth-order valence-corrected chi connectivity index (χ4v) is 1.44. The molecule has 0 aliphatic carbocycles. The molecule has 1 aromatic carbocycles. The first-order valence-corrected chi connectivity index (χ1v) is 4.64. The third kappa shape index (κ3) is 1.39. The molecule has 0 unspecified atom stereocenters. The summed E-state index contributed by atoms with van der Waals surface area (Å²) in [5.41, 5.74) is 2.66.